The highest BCUT2D eigenvalue weighted by molar-refractivity contribution is 7.89. The molecule has 3 N–H and O–H groups in total. The Kier molecular flexibility index (Phi) is 6.28. The van der Waals surface area contributed by atoms with Crippen molar-refractivity contribution in [2.75, 3.05) is 18.4 Å². The molecular formula is C21H21ClN4O6S. The summed E-state index contributed by atoms with van der Waals surface area (Å²) in [6, 6.07) is 8.57. The molecule has 1 aromatic heterocycles. The fourth-order valence-electron chi connectivity index (χ4n) is 3.73. The van der Waals surface area contributed by atoms with Gasteiger partial charge in [-0.25, -0.2) is 13.2 Å². The summed E-state index contributed by atoms with van der Waals surface area (Å²) in [6.07, 6.45) is 1.57. The SMILES string of the molecule is NC(=O)c1ccc(NC(=O)CCn2c(=O)oc3cc(S(=O)(=O)N4CCCC4)ccc32)cc1Cl. The van der Waals surface area contributed by atoms with Gasteiger partial charge in [0.2, 0.25) is 21.8 Å². The molecule has 10 nitrogen and oxygen atoms in total. The van der Waals surface area contributed by atoms with Crippen LogP contribution in [0.1, 0.15) is 29.6 Å². The fraction of sp³-hybridized carbons (Fsp3) is 0.286. The number of amides is 2. The van der Waals surface area contributed by atoms with E-state index in [0.29, 0.717) is 24.3 Å². The molecule has 0 unspecified atom stereocenters. The van der Waals surface area contributed by atoms with Gasteiger partial charge in [0, 0.05) is 37.8 Å². The molecule has 1 saturated heterocycles. The van der Waals surface area contributed by atoms with Crippen molar-refractivity contribution in [3.63, 3.8) is 0 Å². The van der Waals surface area contributed by atoms with Crippen LogP contribution in [-0.4, -0.2) is 42.2 Å². The van der Waals surface area contributed by atoms with Gasteiger partial charge in [-0.05, 0) is 43.2 Å². The number of hydrogen-bond acceptors (Lipinski definition) is 6. The predicted molar refractivity (Wildman–Crippen MR) is 122 cm³/mol. The number of carbonyl (C=O) groups excluding carboxylic acids is 2. The van der Waals surface area contributed by atoms with Gasteiger partial charge in [0.05, 0.1) is 21.0 Å². The molecule has 4 rings (SSSR count). The van der Waals surface area contributed by atoms with Crippen LogP contribution < -0.4 is 16.8 Å². The van der Waals surface area contributed by atoms with Crippen LogP contribution in [0.3, 0.4) is 0 Å². The summed E-state index contributed by atoms with van der Waals surface area (Å²) in [5.74, 6) is -1.77. The van der Waals surface area contributed by atoms with Gasteiger partial charge >= 0.3 is 5.76 Å². The van der Waals surface area contributed by atoms with Crippen molar-refractivity contribution in [3.8, 4) is 0 Å². The lowest BCUT2D eigenvalue weighted by atomic mass is 10.2. The van der Waals surface area contributed by atoms with Gasteiger partial charge in [0.25, 0.3) is 0 Å². The Labute approximate surface area is 194 Å². The second-order valence-corrected chi connectivity index (χ2v) is 9.96. The second-order valence-electron chi connectivity index (χ2n) is 7.62. The maximum absolute atomic E-state index is 12.8. The van der Waals surface area contributed by atoms with Crippen LogP contribution in [0.25, 0.3) is 11.1 Å². The lowest BCUT2D eigenvalue weighted by Gasteiger charge is -2.15. The third-order valence-corrected chi connectivity index (χ3v) is 7.63. The van der Waals surface area contributed by atoms with E-state index in [1.807, 2.05) is 0 Å². The molecule has 0 atom stereocenters. The lowest BCUT2D eigenvalue weighted by molar-refractivity contribution is -0.116. The zero-order valence-corrected chi connectivity index (χ0v) is 19.0. The van der Waals surface area contributed by atoms with E-state index in [4.69, 9.17) is 21.8 Å². The van der Waals surface area contributed by atoms with Crippen molar-refractivity contribution in [2.45, 2.75) is 30.7 Å². The Morgan fingerprint density at radius 1 is 1.12 bits per heavy atom. The number of carbonyl (C=O) groups is 2. The van der Waals surface area contributed by atoms with Gasteiger partial charge in [0.15, 0.2) is 5.58 Å². The molecule has 2 amide bonds. The van der Waals surface area contributed by atoms with E-state index in [1.165, 1.54) is 45.3 Å². The van der Waals surface area contributed by atoms with E-state index >= 15 is 0 Å². The molecule has 0 aliphatic carbocycles. The predicted octanol–water partition coefficient (Wildman–Crippen LogP) is 2.16. The number of sulfonamides is 1. The Morgan fingerprint density at radius 2 is 1.85 bits per heavy atom. The number of aromatic nitrogens is 1. The molecule has 1 fully saturated rings. The molecule has 3 aromatic rings. The number of nitrogens with two attached hydrogens (primary N) is 1. The number of benzene rings is 2. The molecule has 12 heteroatoms. The highest BCUT2D eigenvalue weighted by atomic mass is 35.5. The highest BCUT2D eigenvalue weighted by Gasteiger charge is 2.28. The molecule has 0 spiro atoms. The summed E-state index contributed by atoms with van der Waals surface area (Å²) in [5.41, 5.74) is 6.24. The van der Waals surface area contributed by atoms with Crippen LogP contribution in [0.2, 0.25) is 5.02 Å². The van der Waals surface area contributed by atoms with Crippen molar-refractivity contribution in [2.24, 2.45) is 5.73 Å². The summed E-state index contributed by atoms with van der Waals surface area (Å²) in [4.78, 5) is 36.0. The number of aryl methyl sites for hydroxylation is 1. The number of fused-ring (bicyclic) bond motifs is 1. The van der Waals surface area contributed by atoms with Crippen LogP contribution >= 0.6 is 11.6 Å². The molecule has 0 radical (unpaired) electrons. The van der Waals surface area contributed by atoms with Crippen LogP contribution in [0, 0.1) is 0 Å². The highest BCUT2D eigenvalue weighted by Crippen LogP contribution is 2.25. The maximum Gasteiger partial charge on any atom is 0.419 e. The van der Waals surface area contributed by atoms with Crippen molar-refractivity contribution in [3.05, 3.63) is 57.5 Å². The quantitative estimate of drug-likeness (QED) is 0.517. The van der Waals surface area contributed by atoms with E-state index in [0.717, 1.165) is 12.8 Å². The number of rotatable bonds is 7. The molecule has 33 heavy (non-hydrogen) atoms. The third-order valence-electron chi connectivity index (χ3n) is 5.42. The first-order valence-corrected chi connectivity index (χ1v) is 12.0. The summed E-state index contributed by atoms with van der Waals surface area (Å²) >= 11 is 5.98. The van der Waals surface area contributed by atoms with Crippen LogP contribution in [0.15, 0.2) is 50.5 Å². The summed E-state index contributed by atoms with van der Waals surface area (Å²) in [7, 11) is -3.65. The molecule has 2 aromatic carbocycles. The van der Waals surface area contributed by atoms with E-state index < -0.39 is 27.6 Å². The van der Waals surface area contributed by atoms with Crippen molar-refractivity contribution in [1.29, 1.82) is 0 Å². The third kappa shape index (κ3) is 4.65. The van der Waals surface area contributed by atoms with Gasteiger partial charge in [0.1, 0.15) is 0 Å². The topological polar surface area (TPSA) is 145 Å². The Morgan fingerprint density at radius 3 is 2.52 bits per heavy atom. The first-order valence-electron chi connectivity index (χ1n) is 10.2. The zero-order valence-electron chi connectivity index (χ0n) is 17.4. The minimum Gasteiger partial charge on any atom is -0.408 e. The maximum atomic E-state index is 12.8. The normalized spacial score (nSPS) is 14.6. The van der Waals surface area contributed by atoms with Crippen molar-refractivity contribution in [1.82, 2.24) is 8.87 Å². The molecule has 174 valence electrons. The lowest BCUT2D eigenvalue weighted by Crippen LogP contribution is -2.27. The number of primary amides is 1. The Balaban J connectivity index is 1.48. The summed E-state index contributed by atoms with van der Waals surface area (Å²) in [5, 5.41) is 2.74. The summed E-state index contributed by atoms with van der Waals surface area (Å²) < 4.78 is 33.4. The molecule has 2 heterocycles. The van der Waals surface area contributed by atoms with Gasteiger partial charge in [-0.3, -0.25) is 14.2 Å². The standard InChI is InChI=1S/C21H21ClN4O6S/c22-16-11-13(3-5-15(16)20(23)28)24-19(27)7-10-26-17-6-4-14(12-18(17)32-21(26)29)33(30,31)25-8-1-2-9-25/h3-6,11-12H,1-2,7-10H2,(H2,23,28)(H,24,27). The van der Waals surface area contributed by atoms with Crippen LogP contribution in [-0.2, 0) is 21.4 Å². The molecule has 1 aliphatic heterocycles. The number of hydrogen-bond donors (Lipinski definition) is 2. The monoisotopic (exact) mass is 492 g/mol. The second kappa shape index (κ2) is 9.00. The Bertz CT molecular complexity index is 1410. The van der Waals surface area contributed by atoms with Crippen LogP contribution in [0.4, 0.5) is 5.69 Å². The number of nitrogens with one attached hydrogen (secondary N) is 1. The van der Waals surface area contributed by atoms with E-state index in [-0.39, 0.29) is 34.0 Å². The Hall–Kier alpha value is -3.15. The fourth-order valence-corrected chi connectivity index (χ4v) is 5.53. The first-order chi connectivity index (χ1) is 15.7. The number of oxazole rings is 1. The molecular weight excluding hydrogens is 472 g/mol. The summed E-state index contributed by atoms with van der Waals surface area (Å²) in [6.45, 7) is 0.955. The minimum absolute atomic E-state index is 0.0169. The van der Waals surface area contributed by atoms with Crippen LogP contribution in [0.5, 0.6) is 0 Å². The molecule has 0 bridgehead atoms. The number of anilines is 1. The average molecular weight is 493 g/mol. The van der Waals surface area contributed by atoms with Gasteiger partial charge < -0.3 is 15.5 Å². The van der Waals surface area contributed by atoms with Crippen molar-refractivity contribution < 1.29 is 22.4 Å². The molecule has 0 saturated carbocycles. The van der Waals surface area contributed by atoms with E-state index in [2.05, 4.69) is 5.32 Å². The van der Waals surface area contributed by atoms with Crippen molar-refractivity contribution >= 4 is 50.2 Å². The first kappa shape index (κ1) is 23.0. The largest absolute Gasteiger partial charge is 0.419 e. The van der Waals surface area contributed by atoms with E-state index in [9.17, 15) is 22.8 Å². The molecule has 1 aliphatic rings. The minimum atomic E-state index is -3.65. The zero-order chi connectivity index (χ0) is 23.8. The van der Waals surface area contributed by atoms with Gasteiger partial charge in [-0.15, -0.1) is 0 Å². The smallest absolute Gasteiger partial charge is 0.408 e. The van der Waals surface area contributed by atoms with Gasteiger partial charge in [-0.2, -0.15) is 4.31 Å². The average Bonchev–Trinajstić information content (AvgIpc) is 3.39. The number of halogens is 1. The van der Waals surface area contributed by atoms with Gasteiger partial charge in [-0.1, -0.05) is 11.6 Å². The van der Waals surface area contributed by atoms with E-state index in [1.54, 1.807) is 0 Å². The number of nitrogens with zero attached hydrogens (tertiary/aromatic N) is 2.